The minimum absolute atomic E-state index is 0.628. The van der Waals surface area contributed by atoms with Crippen molar-refractivity contribution in [1.29, 1.82) is 0 Å². The van der Waals surface area contributed by atoms with Gasteiger partial charge in [-0.05, 0) is 111 Å². The second-order valence-electron chi connectivity index (χ2n) is 15.6. The second-order valence-corrected chi connectivity index (χ2v) is 15.6. The normalized spacial score (nSPS) is 14.1. The second kappa shape index (κ2) is 18.7. The van der Waals surface area contributed by atoms with Gasteiger partial charge in [-0.25, -0.2) is 9.98 Å². The average molecular weight is 797 g/mol. The monoisotopic (exact) mass is 796 g/mol. The fourth-order valence-corrected chi connectivity index (χ4v) is 8.56. The Morgan fingerprint density at radius 1 is 0.484 bits per heavy atom. The van der Waals surface area contributed by atoms with Crippen molar-refractivity contribution < 1.29 is 0 Å². The van der Waals surface area contributed by atoms with Crippen molar-refractivity contribution in [1.82, 2.24) is 0 Å². The van der Waals surface area contributed by atoms with Crippen LogP contribution in [0.3, 0.4) is 0 Å². The van der Waals surface area contributed by atoms with Gasteiger partial charge in [-0.1, -0.05) is 219 Å². The van der Waals surface area contributed by atoms with Crippen molar-refractivity contribution >= 4 is 28.4 Å². The van der Waals surface area contributed by atoms with E-state index in [0.717, 1.165) is 63.9 Å². The Morgan fingerprint density at radius 3 is 1.68 bits per heavy atom. The molecular weight excluding hydrogens is 749 g/mol. The van der Waals surface area contributed by atoms with E-state index in [1.807, 2.05) is 18.2 Å². The number of allylic oxidation sites excluding steroid dienone is 10. The van der Waals surface area contributed by atoms with Crippen molar-refractivity contribution in [2.45, 2.75) is 26.2 Å². The Hall–Kier alpha value is -7.68. The highest BCUT2D eigenvalue weighted by Crippen LogP contribution is 2.49. The zero-order valence-electron chi connectivity index (χ0n) is 35.1. The summed E-state index contributed by atoms with van der Waals surface area (Å²) in [6, 6.07) is 64.4. The first-order valence-corrected chi connectivity index (χ1v) is 21.5. The molecule has 7 aromatic carbocycles. The summed E-state index contributed by atoms with van der Waals surface area (Å²) in [6.45, 7) is 6.69. The predicted octanol–water partition coefficient (Wildman–Crippen LogP) is 15.9. The van der Waals surface area contributed by atoms with Gasteiger partial charge in [0.15, 0.2) is 5.84 Å². The van der Waals surface area contributed by atoms with E-state index >= 15 is 0 Å². The largest absolute Gasteiger partial charge is 0.233 e. The van der Waals surface area contributed by atoms with Crippen LogP contribution in [0.15, 0.2) is 247 Å². The molecule has 0 fully saturated rings. The summed E-state index contributed by atoms with van der Waals surface area (Å²) in [5.74, 6) is 0.628. The lowest BCUT2D eigenvalue weighted by Gasteiger charge is -2.25. The molecular formula is C60H48N2. The highest BCUT2D eigenvalue weighted by atomic mass is 14.9. The van der Waals surface area contributed by atoms with Crippen molar-refractivity contribution in [3.63, 3.8) is 0 Å². The van der Waals surface area contributed by atoms with Crippen LogP contribution in [0.1, 0.15) is 48.4 Å². The lowest BCUT2D eigenvalue weighted by molar-refractivity contribution is 1.05. The molecule has 2 nitrogen and oxygen atoms in total. The highest BCUT2D eigenvalue weighted by molar-refractivity contribution is 6.16. The molecule has 7 aromatic rings. The summed E-state index contributed by atoms with van der Waals surface area (Å²) in [4.78, 5) is 10.5. The number of nitrogens with zero attached hydrogens (tertiary/aromatic N) is 2. The minimum atomic E-state index is 0.628. The Morgan fingerprint density at radius 2 is 1.03 bits per heavy atom. The third-order valence-corrected chi connectivity index (χ3v) is 11.5. The molecule has 0 amide bonds. The first-order valence-electron chi connectivity index (χ1n) is 21.5. The van der Waals surface area contributed by atoms with Crippen LogP contribution in [-0.4, -0.2) is 11.5 Å². The molecule has 0 N–H and O–H groups in total. The molecule has 2 aliphatic rings. The number of aliphatic imine (C=N–C) groups is 2. The maximum Gasteiger partial charge on any atom is 0.160 e. The van der Waals surface area contributed by atoms with Crippen molar-refractivity contribution in [2.75, 3.05) is 0 Å². The van der Waals surface area contributed by atoms with Gasteiger partial charge in [0, 0.05) is 16.8 Å². The zero-order chi connectivity index (χ0) is 42.1. The number of hydrogen-bond donors (Lipinski definition) is 0. The van der Waals surface area contributed by atoms with E-state index in [-0.39, 0.29) is 0 Å². The molecule has 0 spiro atoms. The maximum absolute atomic E-state index is 5.28. The number of hydrogen-bond acceptors (Lipinski definition) is 1. The summed E-state index contributed by atoms with van der Waals surface area (Å²) < 4.78 is 0. The van der Waals surface area contributed by atoms with E-state index in [4.69, 9.17) is 9.98 Å². The van der Waals surface area contributed by atoms with E-state index in [2.05, 4.69) is 220 Å². The molecule has 9 rings (SSSR count). The molecule has 298 valence electrons. The van der Waals surface area contributed by atoms with Gasteiger partial charge in [0.05, 0.1) is 5.70 Å². The van der Waals surface area contributed by atoms with Gasteiger partial charge in [0.1, 0.15) is 0 Å². The molecule has 0 radical (unpaired) electrons. The molecule has 2 heteroatoms. The molecule has 0 aromatic heterocycles. The van der Waals surface area contributed by atoms with Gasteiger partial charge in [-0.15, -0.1) is 0 Å². The van der Waals surface area contributed by atoms with E-state index in [1.165, 1.54) is 44.5 Å². The third-order valence-electron chi connectivity index (χ3n) is 11.5. The Balaban J connectivity index is 1.24. The molecule has 0 atom stereocenters. The predicted molar refractivity (Wildman–Crippen MR) is 266 cm³/mol. The first-order chi connectivity index (χ1) is 30.6. The van der Waals surface area contributed by atoms with Gasteiger partial charge in [0.25, 0.3) is 0 Å². The van der Waals surface area contributed by atoms with Crippen molar-refractivity contribution in [2.24, 2.45) is 9.98 Å². The van der Waals surface area contributed by atoms with Crippen LogP contribution in [0.25, 0.3) is 61.4 Å². The number of rotatable bonds is 10. The number of amidine groups is 1. The highest BCUT2D eigenvalue weighted by Gasteiger charge is 2.24. The molecule has 0 saturated carbocycles. The van der Waals surface area contributed by atoms with Gasteiger partial charge in [0.2, 0.25) is 0 Å². The average Bonchev–Trinajstić information content (AvgIpc) is 3.64. The smallest absolute Gasteiger partial charge is 0.160 e. The molecule has 0 saturated heterocycles. The quantitative estimate of drug-likeness (QED) is 0.0973. The van der Waals surface area contributed by atoms with Crippen LogP contribution >= 0.6 is 0 Å². The Bertz CT molecular complexity index is 2940. The fraction of sp³-hybridized carbons (Fsp3) is 0.0667. The van der Waals surface area contributed by atoms with Gasteiger partial charge >= 0.3 is 0 Å². The lowest BCUT2D eigenvalue weighted by Crippen LogP contribution is -2.08. The van der Waals surface area contributed by atoms with Gasteiger partial charge in [-0.3, -0.25) is 0 Å². The first kappa shape index (κ1) is 39.8. The third kappa shape index (κ3) is 8.64. The van der Waals surface area contributed by atoms with Crippen LogP contribution in [0.4, 0.5) is 0 Å². The summed E-state index contributed by atoms with van der Waals surface area (Å²) in [5, 5.41) is 0. The molecule has 2 aliphatic carbocycles. The Labute approximate surface area is 366 Å². The summed E-state index contributed by atoms with van der Waals surface area (Å²) in [5.41, 5.74) is 18.7. The van der Waals surface area contributed by atoms with Crippen LogP contribution in [-0.2, 0) is 0 Å². The van der Waals surface area contributed by atoms with E-state index in [1.54, 1.807) is 0 Å². The van der Waals surface area contributed by atoms with E-state index in [9.17, 15) is 0 Å². The maximum atomic E-state index is 5.28. The van der Waals surface area contributed by atoms with Crippen molar-refractivity contribution in [3.05, 3.63) is 259 Å². The summed E-state index contributed by atoms with van der Waals surface area (Å²) >= 11 is 0. The van der Waals surface area contributed by atoms with Crippen LogP contribution in [0.2, 0.25) is 0 Å². The SMILES string of the molecule is C=C(/N=C(\N=C(/C)C1=C(c2ccccc2)CCC=C1)c1ccccc1)c1cccc(-c2cc(-c3ccccc3)c(-c3ccccc3)c(C3=CC=CCC=C3)c2-c2ccccc2)c1. The molecule has 62 heavy (non-hydrogen) atoms. The Kier molecular flexibility index (Phi) is 12.0. The topological polar surface area (TPSA) is 24.7 Å². The fourth-order valence-electron chi connectivity index (χ4n) is 8.56. The summed E-state index contributed by atoms with van der Waals surface area (Å²) in [7, 11) is 0. The van der Waals surface area contributed by atoms with Crippen LogP contribution in [0, 0.1) is 0 Å². The van der Waals surface area contributed by atoms with E-state index < -0.39 is 0 Å². The standard InChI is InChI=1S/C60H48N2/c1-43(61-60(50-35-20-9-21-36-50)62-44(2)53-39-22-23-40-54(53)45-25-12-5-13-26-45)51-37-24-38-52(41-51)56-42-55(46-27-14-6-15-28-46)57(47-29-16-7-17-30-47)59(49-33-10-3-4-11-34-49)58(56)48-31-18-8-19-32-48/h3,5-22,24-39,41-42H,1,4,23,40H2,2H3/b61-60-,62-44+. The molecule has 0 bridgehead atoms. The minimum Gasteiger partial charge on any atom is -0.233 e. The van der Waals surface area contributed by atoms with Crippen molar-refractivity contribution in [3.8, 4) is 44.5 Å². The van der Waals surface area contributed by atoms with Gasteiger partial charge < -0.3 is 0 Å². The van der Waals surface area contributed by atoms with E-state index in [0.29, 0.717) is 11.5 Å². The molecule has 0 unspecified atom stereocenters. The van der Waals surface area contributed by atoms with Crippen LogP contribution < -0.4 is 0 Å². The lowest BCUT2D eigenvalue weighted by atomic mass is 9.78. The zero-order valence-corrected chi connectivity index (χ0v) is 35.1. The molecule has 0 heterocycles. The molecule has 0 aliphatic heterocycles. The van der Waals surface area contributed by atoms with Crippen LogP contribution in [0.5, 0.6) is 0 Å². The van der Waals surface area contributed by atoms with Gasteiger partial charge in [-0.2, -0.15) is 0 Å². The number of benzene rings is 7. The summed E-state index contributed by atoms with van der Waals surface area (Å²) in [6.07, 6.45) is 18.5.